The first-order chi connectivity index (χ1) is 10.2. The van der Waals surface area contributed by atoms with Gasteiger partial charge in [-0.05, 0) is 18.1 Å². The lowest BCUT2D eigenvalue weighted by Crippen LogP contribution is -2.15. The van der Waals surface area contributed by atoms with Gasteiger partial charge in [0, 0.05) is 12.7 Å². The van der Waals surface area contributed by atoms with Gasteiger partial charge in [0.15, 0.2) is 5.16 Å². The quantitative estimate of drug-likeness (QED) is 0.803. The summed E-state index contributed by atoms with van der Waals surface area (Å²) in [6.45, 7) is 2.00. The molecule has 6 heteroatoms. The average Bonchev–Trinajstić information content (AvgIpc) is 2.86. The molecule has 0 unspecified atom stereocenters. The molecule has 21 heavy (non-hydrogen) atoms. The Kier molecular flexibility index (Phi) is 5.41. The molecule has 2 N–H and O–H groups in total. The van der Waals surface area contributed by atoms with Crippen LogP contribution in [0.3, 0.4) is 0 Å². The third-order valence-electron chi connectivity index (χ3n) is 3.21. The van der Waals surface area contributed by atoms with Crippen LogP contribution in [-0.2, 0) is 24.9 Å². The minimum atomic E-state index is -0.0607. The molecular formula is C15H19N3O2S. The Labute approximate surface area is 128 Å². The zero-order valence-corrected chi connectivity index (χ0v) is 13.0. The lowest BCUT2D eigenvalue weighted by atomic mass is 10.1. The van der Waals surface area contributed by atoms with E-state index in [1.807, 2.05) is 31.3 Å². The van der Waals surface area contributed by atoms with E-state index in [9.17, 15) is 4.79 Å². The van der Waals surface area contributed by atoms with E-state index in [0.717, 1.165) is 28.5 Å². The second-order valence-corrected chi connectivity index (χ2v) is 5.54. The third kappa shape index (κ3) is 3.86. The number of aromatic nitrogens is 2. The standard InChI is InChI=1S/C15H19N3O2S/c1-3-11-6-4-5-7-13(11)17-14(20)10-21-15-16-8-12(9-19)18(15)2/h4-8,19H,3,9-10H2,1-2H3,(H,17,20). The largest absolute Gasteiger partial charge is 0.390 e. The average molecular weight is 305 g/mol. The summed E-state index contributed by atoms with van der Waals surface area (Å²) in [4.78, 5) is 16.2. The van der Waals surface area contributed by atoms with Crippen molar-refractivity contribution in [3.05, 3.63) is 41.7 Å². The van der Waals surface area contributed by atoms with Crippen LogP contribution in [0, 0.1) is 0 Å². The number of aryl methyl sites for hydroxylation is 1. The number of carbonyl (C=O) groups is 1. The molecule has 1 heterocycles. The second-order valence-electron chi connectivity index (χ2n) is 4.60. The second kappa shape index (κ2) is 7.28. The van der Waals surface area contributed by atoms with E-state index in [1.54, 1.807) is 10.8 Å². The number of amides is 1. The number of aliphatic hydroxyl groups excluding tert-OH is 1. The lowest BCUT2D eigenvalue weighted by Gasteiger charge is -2.09. The molecule has 112 valence electrons. The number of nitrogens with zero attached hydrogens (tertiary/aromatic N) is 2. The van der Waals surface area contributed by atoms with Gasteiger partial charge in [0.1, 0.15) is 0 Å². The van der Waals surface area contributed by atoms with E-state index in [0.29, 0.717) is 0 Å². The Balaban J connectivity index is 1.94. The van der Waals surface area contributed by atoms with E-state index in [1.165, 1.54) is 11.8 Å². The Bertz CT molecular complexity index is 625. The SMILES string of the molecule is CCc1ccccc1NC(=O)CSc1ncc(CO)n1C. The van der Waals surface area contributed by atoms with Gasteiger partial charge in [0.25, 0.3) is 0 Å². The van der Waals surface area contributed by atoms with E-state index in [2.05, 4.69) is 17.2 Å². The first-order valence-electron chi connectivity index (χ1n) is 6.77. The molecule has 0 atom stereocenters. The van der Waals surface area contributed by atoms with Gasteiger partial charge in [-0.1, -0.05) is 36.9 Å². The monoisotopic (exact) mass is 305 g/mol. The van der Waals surface area contributed by atoms with E-state index >= 15 is 0 Å². The minimum absolute atomic E-state index is 0.0554. The molecule has 5 nitrogen and oxygen atoms in total. The maximum Gasteiger partial charge on any atom is 0.234 e. The predicted molar refractivity (Wildman–Crippen MR) is 84.3 cm³/mol. The van der Waals surface area contributed by atoms with Gasteiger partial charge in [-0.3, -0.25) is 4.79 Å². The van der Waals surface area contributed by atoms with Gasteiger partial charge in [-0.2, -0.15) is 0 Å². The number of thioether (sulfide) groups is 1. The molecule has 0 spiro atoms. The molecule has 0 saturated heterocycles. The summed E-state index contributed by atoms with van der Waals surface area (Å²) >= 11 is 1.35. The number of hydrogen-bond donors (Lipinski definition) is 2. The van der Waals surface area contributed by atoms with Crippen molar-refractivity contribution in [3.8, 4) is 0 Å². The molecule has 0 saturated carbocycles. The van der Waals surface area contributed by atoms with Crippen molar-refractivity contribution >= 4 is 23.4 Å². The maximum atomic E-state index is 12.0. The summed E-state index contributed by atoms with van der Waals surface area (Å²) in [6, 6.07) is 7.79. The zero-order valence-electron chi connectivity index (χ0n) is 12.2. The van der Waals surface area contributed by atoms with Crippen LogP contribution in [0.5, 0.6) is 0 Å². The van der Waals surface area contributed by atoms with Crippen molar-refractivity contribution in [2.45, 2.75) is 25.1 Å². The molecule has 2 rings (SSSR count). The smallest absolute Gasteiger partial charge is 0.234 e. The number of benzene rings is 1. The number of nitrogens with one attached hydrogen (secondary N) is 1. The molecule has 0 radical (unpaired) electrons. The number of rotatable bonds is 6. The van der Waals surface area contributed by atoms with Crippen molar-refractivity contribution in [1.29, 1.82) is 0 Å². The van der Waals surface area contributed by atoms with Crippen LogP contribution in [0.15, 0.2) is 35.6 Å². The van der Waals surface area contributed by atoms with Crippen LogP contribution in [0.1, 0.15) is 18.2 Å². The van der Waals surface area contributed by atoms with Gasteiger partial charge in [-0.15, -0.1) is 0 Å². The van der Waals surface area contributed by atoms with Gasteiger partial charge < -0.3 is 15.0 Å². The molecule has 0 aliphatic carbocycles. The van der Waals surface area contributed by atoms with Crippen molar-refractivity contribution in [1.82, 2.24) is 9.55 Å². The number of imidazole rings is 1. The van der Waals surface area contributed by atoms with Crippen molar-refractivity contribution in [2.75, 3.05) is 11.1 Å². The summed E-state index contributed by atoms with van der Waals surface area (Å²) < 4.78 is 1.79. The Morgan fingerprint density at radius 3 is 2.86 bits per heavy atom. The minimum Gasteiger partial charge on any atom is -0.390 e. The Hall–Kier alpha value is -1.79. The highest BCUT2D eigenvalue weighted by Gasteiger charge is 2.10. The number of aliphatic hydroxyl groups is 1. The molecule has 0 aliphatic heterocycles. The zero-order chi connectivity index (χ0) is 15.2. The number of hydrogen-bond acceptors (Lipinski definition) is 4. The van der Waals surface area contributed by atoms with Gasteiger partial charge in [0.05, 0.1) is 24.3 Å². The van der Waals surface area contributed by atoms with E-state index in [4.69, 9.17) is 5.11 Å². The fourth-order valence-corrected chi connectivity index (χ4v) is 2.74. The summed E-state index contributed by atoms with van der Waals surface area (Å²) in [7, 11) is 1.82. The van der Waals surface area contributed by atoms with E-state index in [-0.39, 0.29) is 18.3 Å². The Morgan fingerprint density at radius 1 is 1.43 bits per heavy atom. The van der Waals surface area contributed by atoms with Crippen molar-refractivity contribution in [3.63, 3.8) is 0 Å². The number of para-hydroxylation sites is 1. The highest BCUT2D eigenvalue weighted by molar-refractivity contribution is 7.99. The van der Waals surface area contributed by atoms with Gasteiger partial charge in [-0.25, -0.2) is 4.98 Å². The summed E-state index contributed by atoms with van der Waals surface area (Å²) in [5, 5.41) is 12.8. The predicted octanol–water partition coefficient (Wildman–Crippen LogP) is 2.21. The van der Waals surface area contributed by atoms with Crippen LogP contribution in [0.2, 0.25) is 0 Å². The number of carbonyl (C=O) groups excluding carboxylic acids is 1. The molecular weight excluding hydrogens is 286 g/mol. The van der Waals surface area contributed by atoms with Crippen LogP contribution >= 0.6 is 11.8 Å². The third-order valence-corrected chi connectivity index (χ3v) is 4.25. The highest BCUT2D eigenvalue weighted by Crippen LogP contribution is 2.19. The maximum absolute atomic E-state index is 12.0. The normalized spacial score (nSPS) is 10.6. The molecule has 2 aromatic rings. The van der Waals surface area contributed by atoms with Crippen LogP contribution in [0.4, 0.5) is 5.69 Å². The molecule has 1 aromatic heterocycles. The Morgan fingerprint density at radius 2 is 2.19 bits per heavy atom. The molecule has 0 aliphatic rings. The fourth-order valence-electron chi connectivity index (χ4n) is 1.97. The first-order valence-corrected chi connectivity index (χ1v) is 7.76. The van der Waals surface area contributed by atoms with Crippen molar-refractivity contribution < 1.29 is 9.90 Å². The summed E-state index contributed by atoms with van der Waals surface area (Å²) in [6.07, 6.45) is 2.50. The number of anilines is 1. The van der Waals surface area contributed by atoms with Crippen LogP contribution in [-0.4, -0.2) is 26.3 Å². The first kappa shape index (κ1) is 15.6. The molecule has 0 bridgehead atoms. The van der Waals surface area contributed by atoms with E-state index < -0.39 is 0 Å². The molecule has 0 fully saturated rings. The van der Waals surface area contributed by atoms with Crippen LogP contribution < -0.4 is 5.32 Å². The summed E-state index contributed by atoms with van der Waals surface area (Å²) in [5.74, 6) is 0.225. The topological polar surface area (TPSA) is 67.2 Å². The van der Waals surface area contributed by atoms with Gasteiger partial charge in [0.2, 0.25) is 5.91 Å². The highest BCUT2D eigenvalue weighted by atomic mass is 32.2. The fraction of sp³-hybridized carbons (Fsp3) is 0.333. The summed E-state index contributed by atoms with van der Waals surface area (Å²) in [5.41, 5.74) is 2.71. The van der Waals surface area contributed by atoms with Crippen LogP contribution in [0.25, 0.3) is 0 Å². The van der Waals surface area contributed by atoms with Crippen molar-refractivity contribution in [2.24, 2.45) is 7.05 Å². The molecule has 1 amide bonds. The molecule has 1 aromatic carbocycles. The lowest BCUT2D eigenvalue weighted by molar-refractivity contribution is -0.113. The van der Waals surface area contributed by atoms with Gasteiger partial charge >= 0.3 is 0 Å².